The maximum absolute atomic E-state index is 12.6. The quantitative estimate of drug-likeness (QED) is 0.810. The van der Waals surface area contributed by atoms with Gasteiger partial charge in [0.05, 0.1) is 6.10 Å². The molecule has 2 atom stereocenters. The fourth-order valence-electron chi connectivity index (χ4n) is 4.82. The van der Waals surface area contributed by atoms with Crippen molar-refractivity contribution in [2.45, 2.75) is 70.4 Å². The average Bonchev–Trinajstić information content (AvgIpc) is 3.22. The summed E-state index contributed by atoms with van der Waals surface area (Å²) in [6, 6.07) is 0.721. The average molecular weight is 338 g/mol. The van der Waals surface area contributed by atoms with Crippen molar-refractivity contribution in [2.24, 2.45) is 5.92 Å². The number of hydrogen-bond donors (Lipinski definition) is 1. The highest BCUT2D eigenvalue weighted by Gasteiger charge is 2.30. The van der Waals surface area contributed by atoms with E-state index in [1.165, 1.54) is 45.1 Å². The van der Waals surface area contributed by atoms with E-state index < -0.39 is 0 Å². The molecule has 1 saturated carbocycles. The van der Waals surface area contributed by atoms with Gasteiger partial charge in [-0.25, -0.2) is 4.79 Å². The zero-order valence-electron chi connectivity index (χ0n) is 15.3. The van der Waals surface area contributed by atoms with Crippen LogP contribution in [0.15, 0.2) is 0 Å². The van der Waals surface area contributed by atoms with Crippen LogP contribution in [-0.4, -0.2) is 67.3 Å². The second-order valence-electron chi connectivity index (χ2n) is 7.69. The molecule has 138 valence electrons. The number of carbonyl (C=O) groups is 1. The highest BCUT2D eigenvalue weighted by atomic mass is 16.5. The first-order valence-electron chi connectivity index (χ1n) is 10.2. The molecule has 0 aromatic carbocycles. The molecule has 2 saturated heterocycles. The molecule has 5 heteroatoms. The lowest BCUT2D eigenvalue weighted by molar-refractivity contribution is 0.0165. The number of amides is 2. The molecular weight excluding hydrogens is 302 g/mol. The first-order valence-corrected chi connectivity index (χ1v) is 10.2. The minimum absolute atomic E-state index is 0.130. The molecule has 0 unspecified atom stereocenters. The summed E-state index contributed by atoms with van der Waals surface area (Å²) in [5.74, 6) is 0.701. The van der Waals surface area contributed by atoms with E-state index in [4.69, 9.17) is 4.74 Å². The summed E-state index contributed by atoms with van der Waals surface area (Å²) in [6.45, 7) is 7.77. The van der Waals surface area contributed by atoms with Crippen molar-refractivity contribution in [1.29, 1.82) is 0 Å². The predicted molar refractivity (Wildman–Crippen MR) is 96.2 cm³/mol. The fourth-order valence-corrected chi connectivity index (χ4v) is 4.82. The van der Waals surface area contributed by atoms with Crippen LogP contribution < -0.4 is 5.32 Å². The smallest absolute Gasteiger partial charge is 0.317 e. The first-order chi connectivity index (χ1) is 11.8. The lowest BCUT2D eigenvalue weighted by Crippen LogP contribution is -2.45. The molecule has 5 nitrogen and oxygen atoms in total. The number of urea groups is 1. The van der Waals surface area contributed by atoms with Crippen molar-refractivity contribution in [3.63, 3.8) is 0 Å². The fraction of sp³-hybridized carbons (Fsp3) is 0.947. The number of hydrogen-bond acceptors (Lipinski definition) is 3. The number of rotatable bonds is 6. The monoisotopic (exact) mass is 337 g/mol. The Labute approximate surface area is 147 Å². The molecule has 1 aliphatic carbocycles. The summed E-state index contributed by atoms with van der Waals surface area (Å²) >= 11 is 0. The van der Waals surface area contributed by atoms with Crippen LogP contribution in [0.4, 0.5) is 4.79 Å². The summed E-state index contributed by atoms with van der Waals surface area (Å²) < 4.78 is 5.96. The van der Waals surface area contributed by atoms with Gasteiger partial charge in [-0.2, -0.15) is 0 Å². The minimum atomic E-state index is 0.130. The number of nitrogens with zero attached hydrogens (tertiary/aromatic N) is 2. The molecule has 0 spiro atoms. The molecule has 0 aromatic heterocycles. The molecule has 3 fully saturated rings. The number of ether oxygens (including phenoxy) is 1. The van der Waals surface area contributed by atoms with Gasteiger partial charge in [0.15, 0.2) is 0 Å². The van der Waals surface area contributed by atoms with Crippen LogP contribution in [0.3, 0.4) is 0 Å². The SMILES string of the molecule is CCO[C@H](CCNC(=O)N1CCCN2CCC[C@H]2C1)C1CCCC1. The molecule has 2 amide bonds. The van der Waals surface area contributed by atoms with E-state index in [1.54, 1.807) is 0 Å². The maximum atomic E-state index is 12.6. The van der Waals surface area contributed by atoms with Crippen molar-refractivity contribution in [3.8, 4) is 0 Å². The van der Waals surface area contributed by atoms with Gasteiger partial charge in [-0.3, -0.25) is 4.90 Å². The first kappa shape index (κ1) is 18.0. The van der Waals surface area contributed by atoms with E-state index >= 15 is 0 Å². The largest absolute Gasteiger partial charge is 0.378 e. The summed E-state index contributed by atoms with van der Waals surface area (Å²) in [4.78, 5) is 17.2. The van der Waals surface area contributed by atoms with Crippen LogP contribution in [0.5, 0.6) is 0 Å². The van der Waals surface area contributed by atoms with E-state index in [9.17, 15) is 4.79 Å². The number of fused-ring (bicyclic) bond motifs is 1. The van der Waals surface area contributed by atoms with Gasteiger partial charge >= 0.3 is 6.03 Å². The second-order valence-corrected chi connectivity index (χ2v) is 7.69. The Morgan fingerprint density at radius 3 is 2.71 bits per heavy atom. The van der Waals surface area contributed by atoms with E-state index in [-0.39, 0.29) is 6.03 Å². The zero-order valence-corrected chi connectivity index (χ0v) is 15.3. The van der Waals surface area contributed by atoms with Crippen molar-refractivity contribution in [2.75, 3.05) is 39.3 Å². The summed E-state index contributed by atoms with van der Waals surface area (Å²) in [5.41, 5.74) is 0. The summed E-state index contributed by atoms with van der Waals surface area (Å²) in [7, 11) is 0. The molecule has 0 bridgehead atoms. The van der Waals surface area contributed by atoms with Gasteiger partial charge in [0.1, 0.15) is 0 Å². The standard InChI is InChI=1S/C19H35N3O2/c1-2-24-18(16-7-3-4-8-16)10-11-20-19(23)22-14-6-13-21-12-5-9-17(21)15-22/h16-18H,2-15H2,1H3,(H,20,23)/t17-,18+/m0/s1. The molecular formula is C19H35N3O2. The normalized spacial score (nSPS) is 27.0. The van der Waals surface area contributed by atoms with Crippen molar-refractivity contribution < 1.29 is 9.53 Å². The van der Waals surface area contributed by atoms with E-state index in [2.05, 4.69) is 17.1 Å². The van der Waals surface area contributed by atoms with Crippen LogP contribution in [0.25, 0.3) is 0 Å². The Morgan fingerprint density at radius 2 is 1.92 bits per heavy atom. The van der Waals surface area contributed by atoms with Gasteiger partial charge in [0.25, 0.3) is 0 Å². The lowest BCUT2D eigenvalue weighted by atomic mass is 9.98. The van der Waals surface area contributed by atoms with Gasteiger partial charge in [-0.1, -0.05) is 12.8 Å². The van der Waals surface area contributed by atoms with Gasteiger partial charge < -0.3 is 15.0 Å². The van der Waals surface area contributed by atoms with Crippen molar-refractivity contribution in [1.82, 2.24) is 15.1 Å². The molecule has 2 heterocycles. The number of nitrogens with one attached hydrogen (secondary N) is 1. The third kappa shape index (κ3) is 4.63. The second kappa shape index (κ2) is 9.04. The molecule has 0 radical (unpaired) electrons. The number of carbonyl (C=O) groups excluding carboxylic acids is 1. The highest BCUT2D eigenvalue weighted by molar-refractivity contribution is 5.74. The third-order valence-corrected chi connectivity index (χ3v) is 6.10. The van der Waals surface area contributed by atoms with Crippen molar-refractivity contribution >= 4 is 6.03 Å². The van der Waals surface area contributed by atoms with Crippen LogP contribution in [0, 0.1) is 5.92 Å². The van der Waals surface area contributed by atoms with Gasteiger partial charge in [0.2, 0.25) is 0 Å². The van der Waals surface area contributed by atoms with Gasteiger partial charge in [-0.05, 0) is 57.9 Å². The third-order valence-electron chi connectivity index (χ3n) is 6.10. The Morgan fingerprint density at radius 1 is 1.12 bits per heavy atom. The highest BCUT2D eigenvalue weighted by Crippen LogP contribution is 2.30. The molecule has 2 aliphatic heterocycles. The Bertz CT molecular complexity index is 398. The Hall–Kier alpha value is -0.810. The van der Waals surface area contributed by atoms with Crippen LogP contribution in [0.2, 0.25) is 0 Å². The Balaban J connectivity index is 1.42. The molecule has 3 rings (SSSR count). The predicted octanol–water partition coefficient (Wildman–Crippen LogP) is 2.85. The summed E-state index contributed by atoms with van der Waals surface area (Å²) in [5, 5.41) is 3.16. The van der Waals surface area contributed by atoms with E-state index in [0.717, 1.165) is 45.6 Å². The zero-order chi connectivity index (χ0) is 16.8. The van der Waals surface area contributed by atoms with E-state index in [1.807, 2.05) is 4.90 Å². The van der Waals surface area contributed by atoms with Crippen molar-refractivity contribution in [3.05, 3.63) is 0 Å². The summed E-state index contributed by atoms with van der Waals surface area (Å²) in [6.07, 6.45) is 10.2. The van der Waals surface area contributed by atoms with Gasteiger partial charge in [-0.15, -0.1) is 0 Å². The molecule has 24 heavy (non-hydrogen) atoms. The Kier molecular flexibility index (Phi) is 6.78. The topological polar surface area (TPSA) is 44.8 Å². The molecule has 3 aliphatic rings. The molecule has 1 N–H and O–H groups in total. The van der Waals surface area contributed by atoms with Gasteiger partial charge in [0, 0.05) is 38.8 Å². The minimum Gasteiger partial charge on any atom is -0.378 e. The van der Waals surface area contributed by atoms with E-state index in [0.29, 0.717) is 18.1 Å². The van der Waals surface area contributed by atoms with Crippen LogP contribution in [-0.2, 0) is 4.74 Å². The maximum Gasteiger partial charge on any atom is 0.317 e. The van der Waals surface area contributed by atoms with Crippen LogP contribution in [0.1, 0.15) is 58.3 Å². The molecule has 0 aromatic rings. The van der Waals surface area contributed by atoms with Crippen LogP contribution >= 0.6 is 0 Å². The lowest BCUT2D eigenvalue weighted by Gasteiger charge is -2.27.